The molecule has 0 fully saturated rings. The molecule has 0 aromatic heterocycles. The van der Waals surface area contributed by atoms with Crippen LogP contribution in [0, 0.1) is 0 Å². The van der Waals surface area contributed by atoms with Gasteiger partial charge in [0.05, 0.1) is 14.4 Å². The van der Waals surface area contributed by atoms with E-state index in [2.05, 4.69) is 18.4 Å². The van der Waals surface area contributed by atoms with Crippen LogP contribution in [0.4, 0.5) is 0 Å². The first-order chi connectivity index (χ1) is 27.6. The fourth-order valence-electron chi connectivity index (χ4n) is 7.73. The molecule has 1 aromatic carbocycles. The number of unbranched alkanes of at least 4 members (excludes halogenated alkanes) is 30. The van der Waals surface area contributed by atoms with Crippen LogP contribution in [0.15, 0.2) is 12.1 Å². The van der Waals surface area contributed by atoms with E-state index < -0.39 is 7.82 Å². The van der Waals surface area contributed by atoms with Crippen LogP contribution < -0.4 is 9.79 Å². The molecule has 0 spiro atoms. The molecule has 0 heterocycles. The van der Waals surface area contributed by atoms with Gasteiger partial charge in [-0.1, -0.05) is 120 Å². The van der Waals surface area contributed by atoms with Crippen LogP contribution >= 0.6 is 7.82 Å². The number of hydrogen-bond acceptors (Lipinski definition) is 5. The zero-order chi connectivity index (χ0) is 43.4. The van der Waals surface area contributed by atoms with E-state index >= 15 is 0 Å². The minimum absolute atomic E-state index is 0.0825. The van der Waals surface area contributed by atoms with Crippen molar-refractivity contribution in [3.63, 3.8) is 0 Å². The van der Waals surface area contributed by atoms with Gasteiger partial charge in [0.15, 0.2) is 0 Å². The summed E-state index contributed by atoms with van der Waals surface area (Å²) >= 11 is -0.0825. The number of aromatic hydroxyl groups is 1. The van der Waals surface area contributed by atoms with Gasteiger partial charge in [-0.25, -0.2) is 0 Å². The SMILES string of the molecule is CC(C)(C)c1cc(COP(=O)([O-])[O-])cc(C(C)(C)C)c1O.CCCCCCCCCCCCCCCCC[CH2][Bi+2][CH2]CCCCCCCCCCCCCCCCC. The molecule has 0 aliphatic carbocycles. The van der Waals surface area contributed by atoms with E-state index in [4.69, 9.17) is 0 Å². The van der Waals surface area contributed by atoms with E-state index in [0.29, 0.717) is 16.7 Å². The Morgan fingerprint density at radius 3 is 0.948 bits per heavy atom. The number of phenolic OH excluding ortho intramolecular Hbond substituents is 1. The average molecular weight is 1030 g/mol. The summed E-state index contributed by atoms with van der Waals surface area (Å²) < 4.78 is 18.3. The maximum absolute atomic E-state index is 10.6. The number of benzene rings is 1. The molecule has 58 heavy (non-hydrogen) atoms. The third kappa shape index (κ3) is 36.6. The Morgan fingerprint density at radius 1 is 0.483 bits per heavy atom. The van der Waals surface area contributed by atoms with Crippen molar-refractivity contribution in [3.8, 4) is 5.75 Å². The molecule has 341 valence electrons. The van der Waals surface area contributed by atoms with E-state index in [9.17, 15) is 19.5 Å². The standard InChI is InChI=1S/2C18H37.C15H25O5P.Bi/c2*1-3-5-7-9-11-13-15-17-18-16-14-12-10-8-6-4-2;1-14(2,3)11-7-10(9-20-21(17,18)19)8-12(13(11)16)15(4,5)6;/h2*1,3-18H2,2H3;7-8,16H,9H2,1-6H3,(H2,17,18,19);/q;;;+2/p-2. The van der Waals surface area contributed by atoms with Crippen LogP contribution in [0.3, 0.4) is 0 Å². The Labute approximate surface area is 374 Å². The summed E-state index contributed by atoms with van der Waals surface area (Å²) in [5, 5.41) is 10.5. The molecule has 0 aliphatic heterocycles. The summed E-state index contributed by atoms with van der Waals surface area (Å²) in [5.41, 5.74) is 1.30. The van der Waals surface area contributed by atoms with Crippen LogP contribution in [-0.2, 0) is 26.5 Å². The molecule has 0 aliphatic rings. The number of hydrogen-bond donors (Lipinski definition) is 1. The summed E-state index contributed by atoms with van der Waals surface area (Å²) in [5.74, 6) is 0.200. The molecule has 0 amide bonds. The average Bonchev–Trinajstić information content (AvgIpc) is 3.15. The predicted octanol–water partition coefficient (Wildman–Crippen LogP) is 16.4. The van der Waals surface area contributed by atoms with Crippen molar-refractivity contribution in [1.82, 2.24) is 0 Å². The quantitative estimate of drug-likeness (QED) is 0.0407. The second-order valence-corrected chi connectivity index (χ2v) is 25.9. The van der Waals surface area contributed by atoms with E-state index in [1.807, 2.05) is 41.5 Å². The van der Waals surface area contributed by atoms with Crippen molar-refractivity contribution in [2.75, 3.05) is 0 Å². The Bertz CT molecular complexity index is 1040. The van der Waals surface area contributed by atoms with E-state index in [1.165, 1.54) is 180 Å². The molecular weight excluding hydrogens is 933 g/mol. The van der Waals surface area contributed by atoms with Crippen LogP contribution in [-0.4, -0.2) is 28.3 Å². The number of phenols is 1. The van der Waals surface area contributed by atoms with Gasteiger partial charge >= 0.3 is 173 Å². The summed E-state index contributed by atoms with van der Waals surface area (Å²) in [4.78, 5) is 21.3. The van der Waals surface area contributed by atoms with Gasteiger partial charge in [0.2, 0.25) is 0 Å². The number of phosphoric acid groups is 1. The fraction of sp³-hybridized carbons (Fsp3) is 0.882. The molecule has 0 saturated carbocycles. The predicted molar refractivity (Wildman–Crippen MR) is 252 cm³/mol. The first-order valence-corrected chi connectivity index (χ1v) is 31.2. The zero-order valence-electron chi connectivity index (χ0n) is 39.9. The van der Waals surface area contributed by atoms with Crippen molar-refractivity contribution >= 4 is 31.1 Å². The third-order valence-corrected chi connectivity index (χ3v) is 16.9. The van der Waals surface area contributed by atoms with Crippen LogP contribution in [0.1, 0.15) is 278 Å². The molecular formula is C51H97BiO5P. The summed E-state index contributed by atoms with van der Waals surface area (Å²) in [6.07, 6.45) is 47.9. The minimum Gasteiger partial charge on any atom is -0.0654 e. The molecule has 1 aromatic rings. The van der Waals surface area contributed by atoms with Gasteiger partial charge in [-0.2, -0.15) is 0 Å². The Morgan fingerprint density at radius 2 is 0.724 bits per heavy atom. The number of rotatable bonds is 37. The zero-order valence-corrected chi connectivity index (χ0v) is 44.2. The normalized spacial score (nSPS) is 12.2. The van der Waals surface area contributed by atoms with E-state index in [0.717, 1.165) is 0 Å². The van der Waals surface area contributed by atoms with Gasteiger partial charge in [-0.05, 0) is 39.7 Å². The second kappa shape index (κ2) is 37.6. The summed E-state index contributed by atoms with van der Waals surface area (Å²) in [7, 11) is -5.02. The number of phosphoric ester groups is 1. The second-order valence-electron chi connectivity index (χ2n) is 19.5. The Balaban J connectivity index is 0.00000130. The minimum atomic E-state index is -5.02. The molecule has 7 heteroatoms. The Kier molecular flexibility index (Phi) is 37.6. The monoisotopic (exact) mass is 1030 g/mol. The first kappa shape index (κ1) is 58.0. The van der Waals surface area contributed by atoms with Crippen LogP contribution in [0.2, 0.25) is 8.26 Å². The topological polar surface area (TPSA) is 92.7 Å². The van der Waals surface area contributed by atoms with Crippen molar-refractivity contribution in [2.45, 2.75) is 287 Å². The van der Waals surface area contributed by atoms with E-state index in [-0.39, 0.29) is 46.4 Å². The van der Waals surface area contributed by atoms with E-state index in [1.54, 1.807) is 46.1 Å². The molecule has 1 N–H and O–H groups in total. The molecule has 1 rings (SSSR count). The van der Waals surface area contributed by atoms with Gasteiger partial charge in [0.25, 0.3) is 0 Å². The smallest absolute Gasteiger partial charge is 0.0654 e. The van der Waals surface area contributed by atoms with Gasteiger partial charge in [-0.3, -0.25) is 0 Å². The molecule has 0 atom stereocenters. The molecule has 0 bridgehead atoms. The van der Waals surface area contributed by atoms with Crippen molar-refractivity contribution < 1.29 is 24.0 Å². The van der Waals surface area contributed by atoms with Gasteiger partial charge in [-0.15, -0.1) is 0 Å². The van der Waals surface area contributed by atoms with Crippen molar-refractivity contribution in [2.24, 2.45) is 0 Å². The summed E-state index contributed by atoms with van der Waals surface area (Å²) in [6.45, 7) is 16.0. The Hall–Kier alpha value is 0.0131. The fourth-order valence-corrected chi connectivity index (χ4v) is 12.4. The third-order valence-electron chi connectivity index (χ3n) is 11.5. The van der Waals surface area contributed by atoms with Crippen LogP contribution in [0.25, 0.3) is 0 Å². The van der Waals surface area contributed by atoms with Gasteiger partial charge in [0, 0.05) is 0 Å². The molecule has 1 radical (unpaired) electrons. The molecule has 5 nitrogen and oxygen atoms in total. The van der Waals surface area contributed by atoms with Gasteiger partial charge < -0.3 is 24.0 Å². The first-order valence-electron chi connectivity index (χ1n) is 24.8. The molecule has 0 unspecified atom stereocenters. The van der Waals surface area contributed by atoms with Crippen LogP contribution in [0.5, 0.6) is 5.75 Å². The van der Waals surface area contributed by atoms with Crippen molar-refractivity contribution in [3.05, 3.63) is 28.8 Å². The van der Waals surface area contributed by atoms with Crippen molar-refractivity contribution in [1.29, 1.82) is 0 Å². The summed E-state index contributed by atoms with van der Waals surface area (Å²) in [6, 6.07) is 3.36. The molecule has 0 saturated heterocycles. The maximum atomic E-state index is 10.6. The van der Waals surface area contributed by atoms with Gasteiger partial charge in [0.1, 0.15) is 5.75 Å².